The monoisotopic (exact) mass is 471 g/mol. The lowest BCUT2D eigenvalue weighted by molar-refractivity contribution is 0.0281. The summed E-state index contributed by atoms with van der Waals surface area (Å²) in [5.74, 6) is 0. The van der Waals surface area contributed by atoms with Gasteiger partial charge in [-0.15, -0.1) is 5.23 Å². The Morgan fingerprint density at radius 2 is 1.34 bits per heavy atom. The summed E-state index contributed by atoms with van der Waals surface area (Å²) in [6.45, 7) is 6.88. The van der Waals surface area contributed by atoms with Gasteiger partial charge in [0.2, 0.25) is 0 Å². The Bertz CT molecular complexity index is 904. The zero-order chi connectivity index (χ0) is 21.1. The maximum Gasteiger partial charge on any atom is 0.261 e. The summed E-state index contributed by atoms with van der Waals surface area (Å²) in [6, 6.07) is 26.0. The van der Waals surface area contributed by atoms with Crippen molar-refractivity contribution in [2.75, 3.05) is 5.23 Å². The third-order valence-corrected chi connectivity index (χ3v) is 10.9. The Labute approximate surface area is 181 Å². The average Bonchev–Trinajstić information content (AvgIpc) is 2.70. The van der Waals surface area contributed by atoms with Crippen molar-refractivity contribution in [1.29, 1.82) is 0 Å². The Morgan fingerprint density at radius 1 is 0.828 bits per heavy atom. The van der Waals surface area contributed by atoms with Crippen molar-refractivity contribution in [3.63, 3.8) is 0 Å². The van der Waals surface area contributed by atoms with Gasteiger partial charge in [0.15, 0.2) is 0 Å². The fourth-order valence-corrected chi connectivity index (χ4v) is 8.81. The molecular formula is C23H26BrNO3Si. The summed E-state index contributed by atoms with van der Waals surface area (Å²) < 4.78 is 7.65. The van der Waals surface area contributed by atoms with Crippen LogP contribution in [0.1, 0.15) is 26.3 Å². The van der Waals surface area contributed by atoms with Crippen molar-refractivity contribution >= 4 is 40.3 Å². The van der Waals surface area contributed by atoms with Crippen LogP contribution in [0, 0.1) is 0 Å². The Morgan fingerprint density at radius 3 is 1.79 bits per heavy atom. The fourth-order valence-electron chi connectivity index (χ4n) is 3.82. The molecule has 0 heterocycles. The maximum atomic E-state index is 9.68. The highest BCUT2D eigenvalue weighted by Crippen LogP contribution is 2.38. The number of anilines is 1. The van der Waals surface area contributed by atoms with Crippen LogP contribution >= 0.6 is 15.9 Å². The lowest BCUT2D eigenvalue weighted by atomic mass is 10.2. The van der Waals surface area contributed by atoms with Crippen molar-refractivity contribution in [2.45, 2.75) is 32.4 Å². The number of nitrogens with zero attached hydrogens (tertiary/aromatic N) is 1. The molecular weight excluding hydrogens is 446 g/mol. The largest absolute Gasteiger partial charge is 0.403 e. The van der Waals surface area contributed by atoms with Gasteiger partial charge in [-0.25, -0.2) is 0 Å². The predicted octanol–water partition coefficient (Wildman–Crippen LogP) is 5.11. The maximum absolute atomic E-state index is 9.68. The van der Waals surface area contributed by atoms with Crippen molar-refractivity contribution in [2.24, 2.45) is 0 Å². The zero-order valence-corrected chi connectivity index (χ0v) is 19.4. The molecule has 3 aromatic carbocycles. The quantitative estimate of drug-likeness (QED) is 0.387. The van der Waals surface area contributed by atoms with Crippen LogP contribution < -0.4 is 15.6 Å². The second-order valence-corrected chi connectivity index (χ2v) is 13.1. The summed E-state index contributed by atoms with van der Waals surface area (Å²) in [5.41, 5.74) is 0.975. The van der Waals surface area contributed by atoms with E-state index in [1.54, 1.807) is 12.1 Å². The first-order valence-electron chi connectivity index (χ1n) is 9.47. The summed E-state index contributed by atoms with van der Waals surface area (Å²) in [5, 5.41) is 21.7. The van der Waals surface area contributed by atoms with E-state index in [4.69, 9.17) is 4.43 Å². The van der Waals surface area contributed by atoms with Gasteiger partial charge >= 0.3 is 0 Å². The van der Waals surface area contributed by atoms with Gasteiger partial charge in [0, 0.05) is 10.0 Å². The highest BCUT2D eigenvalue weighted by Gasteiger charge is 2.50. The molecule has 0 aliphatic heterocycles. The highest BCUT2D eigenvalue weighted by molar-refractivity contribution is 9.10. The summed E-state index contributed by atoms with van der Waals surface area (Å²) >= 11 is 3.53. The van der Waals surface area contributed by atoms with Crippen LogP contribution in [0.5, 0.6) is 0 Å². The molecule has 0 amide bonds. The minimum Gasteiger partial charge on any atom is -0.403 e. The number of benzene rings is 3. The molecule has 0 unspecified atom stereocenters. The molecule has 0 fully saturated rings. The van der Waals surface area contributed by atoms with E-state index in [1.165, 1.54) is 10.4 Å². The molecule has 29 heavy (non-hydrogen) atoms. The SMILES string of the molecule is CC(C)(C)[Si](OCc1c(Br)cccc1N(O)O)(c1ccccc1)c1ccccc1. The Hall–Kier alpha value is -1.96. The minimum absolute atomic E-state index is 0.148. The van der Waals surface area contributed by atoms with Crippen LogP contribution in [-0.2, 0) is 11.0 Å². The summed E-state index contributed by atoms with van der Waals surface area (Å²) in [7, 11) is -2.72. The van der Waals surface area contributed by atoms with E-state index in [-0.39, 0.29) is 22.6 Å². The van der Waals surface area contributed by atoms with Crippen LogP contribution in [0.3, 0.4) is 0 Å². The number of hydrogen-bond donors (Lipinski definition) is 2. The van der Waals surface area contributed by atoms with E-state index in [1.807, 2.05) is 42.5 Å². The van der Waals surface area contributed by atoms with Crippen molar-refractivity contribution < 1.29 is 14.8 Å². The van der Waals surface area contributed by atoms with E-state index < -0.39 is 8.32 Å². The third kappa shape index (κ3) is 4.32. The Balaban J connectivity index is 2.16. The molecule has 0 saturated carbocycles. The average molecular weight is 472 g/mol. The first kappa shape index (κ1) is 21.7. The molecule has 4 nitrogen and oxygen atoms in total. The summed E-state index contributed by atoms with van der Waals surface area (Å²) in [4.78, 5) is 0. The molecule has 0 bridgehead atoms. The zero-order valence-electron chi connectivity index (χ0n) is 16.8. The van der Waals surface area contributed by atoms with Gasteiger partial charge < -0.3 is 4.43 Å². The highest BCUT2D eigenvalue weighted by atomic mass is 79.9. The summed E-state index contributed by atoms with van der Waals surface area (Å²) in [6.07, 6.45) is 0. The van der Waals surface area contributed by atoms with Gasteiger partial charge in [-0.2, -0.15) is 0 Å². The van der Waals surface area contributed by atoms with Crippen LogP contribution in [-0.4, -0.2) is 18.7 Å². The van der Waals surface area contributed by atoms with Gasteiger partial charge in [-0.3, -0.25) is 10.4 Å². The molecule has 2 N–H and O–H groups in total. The van der Waals surface area contributed by atoms with Crippen molar-refractivity contribution in [3.05, 3.63) is 88.9 Å². The molecule has 0 aliphatic rings. The van der Waals surface area contributed by atoms with Crippen LogP contribution in [0.25, 0.3) is 0 Å². The molecule has 6 heteroatoms. The molecule has 0 radical (unpaired) electrons. The van der Waals surface area contributed by atoms with E-state index in [0.29, 0.717) is 5.56 Å². The number of hydrogen-bond acceptors (Lipinski definition) is 4. The van der Waals surface area contributed by atoms with Gasteiger partial charge in [0.05, 0.1) is 6.61 Å². The normalized spacial score (nSPS) is 12.1. The van der Waals surface area contributed by atoms with Gasteiger partial charge in [-0.1, -0.05) is 103 Å². The third-order valence-electron chi connectivity index (χ3n) is 5.16. The lowest BCUT2D eigenvalue weighted by Gasteiger charge is -2.43. The molecule has 0 aromatic heterocycles. The van der Waals surface area contributed by atoms with Crippen LogP contribution in [0.15, 0.2) is 83.3 Å². The number of rotatable bonds is 6. The van der Waals surface area contributed by atoms with Crippen LogP contribution in [0.2, 0.25) is 5.04 Å². The first-order chi connectivity index (χ1) is 13.8. The predicted molar refractivity (Wildman–Crippen MR) is 123 cm³/mol. The van der Waals surface area contributed by atoms with Crippen molar-refractivity contribution in [1.82, 2.24) is 0 Å². The Kier molecular flexibility index (Phi) is 6.61. The van der Waals surface area contributed by atoms with E-state index in [0.717, 1.165) is 4.47 Å². The van der Waals surface area contributed by atoms with Crippen molar-refractivity contribution in [3.8, 4) is 0 Å². The molecule has 0 aliphatic carbocycles. The molecule has 3 rings (SSSR count). The number of halogens is 1. The van der Waals surface area contributed by atoms with E-state index in [2.05, 4.69) is 61.0 Å². The molecule has 3 aromatic rings. The van der Waals surface area contributed by atoms with E-state index >= 15 is 0 Å². The van der Waals surface area contributed by atoms with Gasteiger partial charge in [-0.05, 0) is 27.5 Å². The lowest BCUT2D eigenvalue weighted by Crippen LogP contribution is -2.66. The first-order valence-corrected chi connectivity index (χ1v) is 12.2. The van der Waals surface area contributed by atoms with Gasteiger partial charge in [0.1, 0.15) is 5.69 Å². The smallest absolute Gasteiger partial charge is 0.261 e. The molecule has 152 valence electrons. The topological polar surface area (TPSA) is 52.9 Å². The second-order valence-electron chi connectivity index (χ2n) is 7.98. The molecule has 0 saturated heterocycles. The van der Waals surface area contributed by atoms with Gasteiger partial charge in [0.25, 0.3) is 8.32 Å². The standard InChI is InChI=1S/C23H26BrNO3Si/c1-23(2,3)29(18-11-6-4-7-12-18,19-13-8-5-9-14-19)28-17-20-21(24)15-10-16-22(20)25(26)27/h4-16,26-27H,17H2,1-3H3. The van der Waals surface area contributed by atoms with E-state index in [9.17, 15) is 10.4 Å². The fraction of sp³-hybridized carbons (Fsp3) is 0.217. The van der Waals surface area contributed by atoms with Crippen LogP contribution in [0.4, 0.5) is 5.69 Å². The molecule has 0 spiro atoms. The molecule has 0 atom stereocenters. The second kappa shape index (κ2) is 8.81. The minimum atomic E-state index is -2.72.